The molecule has 1 saturated heterocycles. The molecule has 4 fully saturated rings. The first-order chi connectivity index (χ1) is 8.69. The second kappa shape index (κ2) is 4.08. The van der Waals surface area contributed by atoms with Crippen LogP contribution in [0.3, 0.4) is 0 Å². The van der Waals surface area contributed by atoms with Crippen molar-refractivity contribution in [1.82, 2.24) is 0 Å². The average molecular weight is 362 g/mol. The van der Waals surface area contributed by atoms with Crippen LogP contribution in [0.5, 0.6) is 0 Å². The molecule has 0 radical (unpaired) electrons. The Hall–Kier alpha value is 0.650. The SMILES string of the molecule is C[C@@]12C3CC1[C@]2(CCOC1CCCCO1)[C@H](I)C3. The minimum Gasteiger partial charge on any atom is -0.353 e. The van der Waals surface area contributed by atoms with Crippen LogP contribution >= 0.6 is 22.6 Å². The lowest BCUT2D eigenvalue weighted by Crippen LogP contribution is -2.27. The Balaban J connectivity index is 1.33. The molecule has 3 aliphatic carbocycles. The van der Waals surface area contributed by atoms with E-state index in [1.807, 2.05) is 0 Å². The van der Waals surface area contributed by atoms with Gasteiger partial charge in [0, 0.05) is 10.5 Å². The van der Waals surface area contributed by atoms with Crippen molar-refractivity contribution >= 4 is 22.6 Å². The summed E-state index contributed by atoms with van der Waals surface area (Å²) in [6.45, 7) is 4.36. The molecule has 1 aliphatic heterocycles. The third kappa shape index (κ3) is 1.37. The molecule has 4 rings (SSSR count). The molecule has 102 valence electrons. The van der Waals surface area contributed by atoms with E-state index in [2.05, 4.69) is 29.5 Å². The highest BCUT2D eigenvalue weighted by Gasteiger charge is 2.87. The molecule has 6 atom stereocenters. The van der Waals surface area contributed by atoms with Gasteiger partial charge in [0.1, 0.15) is 0 Å². The lowest BCUT2D eigenvalue weighted by Gasteiger charge is -2.33. The third-order valence-electron chi connectivity index (χ3n) is 6.64. The van der Waals surface area contributed by atoms with Crippen molar-refractivity contribution in [2.24, 2.45) is 22.7 Å². The molecule has 0 aromatic heterocycles. The third-order valence-corrected chi connectivity index (χ3v) is 8.26. The van der Waals surface area contributed by atoms with Crippen LogP contribution in [0.25, 0.3) is 0 Å². The van der Waals surface area contributed by atoms with Crippen LogP contribution in [0.2, 0.25) is 0 Å². The van der Waals surface area contributed by atoms with Crippen LogP contribution in [-0.2, 0) is 9.47 Å². The predicted octanol–water partition coefficient (Wildman–Crippen LogP) is 3.77. The molecule has 0 aromatic rings. The quantitative estimate of drug-likeness (QED) is 0.560. The molecule has 3 unspecified atom stereocenters. The van der Waals surface area contributed by atoms with E-state index in [0.29, 0.717) is 10.8 Å². The second-order valence-corrected chi connectivity index (χ2v) is 8.43. The molecule has 0 aromatic carbocycles. The Morgan fingerprint density at radius 3 is 2.83 bits per heavy atom. The Labute approximate surface area is 123 Å². The van der Waals surface area contributed by atoms with Crippen LogP contribution in [0.1, 0.15) is 45.4 Å². The summed E-state index contributed by atoms with van der Waals surface area (Å²) in [6, 6.07) is 0. The summed E-state index contributed by atoms with van der Waals surface area (Å²) in [5, 5.41) is 0. The minimum absolute atomic E-state index is 0.101. The van der Waals surface area contributed by atoms with Crippen molar-refractivity contribution in [2.75, 3.05) is 13.2 Å². The molecule has 0 spiro atoms. The van der Waals surface area contributed by atoms with Crippen molar-refractivity contribution in [1.29, 1.82) is 0 Å². The van der Waals surface area contributed by atoms with Crippen molar-refractivity contribution in [2.45, 2.75) is 55.7 Å². The zero-order valence-electron chi connectivity index (χ0n) is 11.2. The fourth-order valence-corrected chi connectivity index (χ4v) is 7.53. The summed E-state index contributed by atoms with van der Waals surface area (Å²) in [4.78, 5) is 0. The fourth-order valence-electron chi connectivity index (χ4n) is 5.50. The van der Waals surface area contributed by atoms with E-state index in [-0.39, 0.29) is 6.29 Å². The van der Waals surface area contributed by atoms with Crippen LogP contribution < -0.4 is 0 Å². The molecular formula is C15H23IO2. The first-order valence-corrected chi connectivity index (χ1v) is 8.81. The Morgan fingerprint density at radius 2 is 2.22 bits per heavy atom. The average Bonchev–Trinajstić information content (AvgIpc) is 2.75. The van der Waals surface area contributed by atoms with E-state index >= 15 is 0 Å². The zero-order valence-corrected chi connectivity index (χ0v) is 13.3. The summed E-state index contributed by atoms with van der Waals surface area (Å²) in [5.41, 5.74) is 1.35. The standard InChI is InChI=1S/C15H23IO2/c1-14-10-8-11(14)15(14,12(16)9-10)5-7-18-13-4-2-3-6-17-13/h10-13H,2-9H2,1H3/t10?,11?,12-,13?,14-,15-/m1/s1. The zero-order chi connectivity index (χ0) is 12.4. The van der Waals surface area contributed by atoms with Crippen LogP contribution in [0.15, 0.2) is 0 Å². The highest BCUT2D eigenvalue weighted by atomic mass is 127. The van der Waals surface area contributed by atoms with E-state index < -0.39 is 0 Å². The highest BCUT2D eigenvalue weighted by molar-refractivity contribution is 14.1. The molecule has 0 N–H and O–H groups in total. The van der Waals surface area contributed by atoms with Gasteiger partial charge >= 0.3 is 0 Å². The molecule has 1 heterocycles. The molecule has 3 saturated carbocycles. The molecular weight excluding hydrogens is 339 g/mol. The van der Waals surface area contributed by atoms with Gasteiger partial charge < -0.3 is 9.47 Å². The van der Waals surface area contributed by atoms with Gasteiger partial charge in [-0.05, 0) is 61.2 Å². The van der Waals surface area contributed by atoms with Gasteiger partial charge in [0.25, 0.3) is 0 Å². The number of alkyl halides is 1. The van der Waals surface area contributed by atoms with Gasteiger partial charge in [0.15, 0.2) is 6.29 Å². The Bertz CT molecular complexity index is 350. The van der Waals surface area contributed by atoms with Crippen LogP contribution in [0, 0.1) is 22.7 Å². The van der Waals surface area contributed by atoms with Gasteiger partial charge in [-0.15, -0.1) is 0 Å². The summed E-state index contributed by atoms with van der Waals surface area (Å²) in [6.07, 6.45) is 7.93. The van der Waals surface area contributed by atoms with Gasteiger partial charge in [-0.25, -0.2) is 0 Å². The smallest absolute Gasteiger partial charge is 0.157 e. The van der Waals surface area contributed by atoms with E-state index in [9.17, 15) is 0 Å². The van der Waals surface area contributed by atoms with E-state index in [4.69, 9.17) is 9.47 Å². The van der Waals surface area contributed by atoms with Crippen LogP contribution in [-0.4, -0.2) is 23.4 Å². The van der Waals surface area contributed by atoms with Gasteiger partial charge in [0.2, 0.25) is 0 Å². The molecule has 3 heteroatoms. The van der Waals surface area contributed by atoms with Crippen LogP contribution in [0.4, 0.5) is 0 Å². The van der Waals surface area contributed by atoms with Crippen molar-refractivity contribution in [3.05, 3.63) is 0 Å². The van der Waals surface area contributed by atoms with Gasteiger partial charge in [-0.2, -0.15) is 0 Å². The van der Waals surface area contributed by atoms with Crippen molar-refractivity contribution in [3.63, 3.8) is 0 Å². The topological polar surface area (TPSA) is 18.5 Å². The number of halogens is 1. The number of hydrogen-bond acceptors (Lipinski definition) is 2. The number of ether oxygens (including phenoxy) is 2. The summed E-state index contributed by atoms with van der Waals surface area (Å²) in [5.74, 6) is 2.07. The lowest BCUT2D eigenvalue weighted by molar-refractivity contribution is -0.164. The molecule has 2 nitrogen and oxygen atoms in total. The van der Waals surface area contributed by atoms with Gasteiger partial charge in [-0.1, -0.05) is 29.5 Å². The number of hydrogen-bond donors (Lipinski definition) is 0. The summed E-state index contributed by atoms with van der Waals surface area (Å²) >= 11 is 2.72. The highest BCUT2D eigenvalue weighted by Crippen LogP contribution is 2.91. The normalized spacial score (nSPS) is 57.0. The number of fused-ring (bicyclic) bond motifs is 1. The predicted molar refractivity (Wildman–Crippen MR) is 78.7 cm³/mol. The van der Waals surface area contributed by atoms with E-state index in [1.165, 1.54) is 32.1 Å². The Kier molecular flexibility index (Phi) is 2.81. The van der Waals surface area contributed by atoms with Crippen molar-refractivity contribution < 1.29 is 9.47 Å². The maximum atomic E-state index is 5.97. The lowest BCUT2D eigenvalue weighted by atomic mass is 9.73. The molecule has 0 amide bonds. The van der Waals surface area contributed by atoms with E-state index in [0.717, 1.165) is 35.4 Å². The van der Waals surface area contributed by atoms with Crippen molar-refractivity contribution in [3.8, 4) is 0 Å². The van der Waals surface area contributed by atoms with Gasteiger partial charge in [0.05, 0.1) is 6.61 Å². The maximum Gasteiger partial charge on any atom is 0.157 e. The minimum atomic E-state index is 0.101. The Morgan fingerprint density at radius 1 is 1.33 bits per heavy atom. The monoisotopic (exact) mass is 362 g/mol. The summed E-state index contributed by atoms with van der Waals surface area (Å²) < 4.78 is 12.5. The maximum absolute atomic E-state index is 5.97. The first kappa shape index (κ1) is 12.4. The van der Waals surface area contributed by atoms with E-state index in [1.54, 1.807) is 0 Å². The molecule has 18 heavy (non-hydrogen) atoms. The number of rotatable bonds is 4. The largest absolute Gasteiger partial charge is 0.353 e. The summed E-state index contributed by atoms with van der Waals surface area (Å²) in [7, 11) is 0. The molecule has 4 aliphatic rings. The van der Waals surface area contributed by atoms with Gasteiger partial charge in [-0.3, -0.25) is 0 Å². The molecule has 0 bridgehead atoms. The second-order valence-electron chi connectivity index (χ2n) is 6.93. The first-order valence-electron chi connectivity index (χ1n) is 7.57. The fraction of sp³-hybridized carbons (Fsp3) is 1.00.